The first-order valence-corrected chi connectivity index (χ1v) is 9.75. The summed E-state index contributed by atoms with van der Waals surface area (Å²) in [6.07, 6.45) is 5.11. The van der Waals surface area contributed by atoms with Gasteiger partial charge in [0.05, 0.1) is 11.8 Å². The van der Waals surface area contributed by atoms with Gasteiger partial charge in [-0.15, -0.1) is 10.2 Å². The van der Waals surface area contributed by atoms with Gasteiger partial charge in [0.2, 0.25) is 22.9 Å². The molecule has 1 saturated carbocycles. The molecule has 4 unspecified atom stereocenters. The fraction of sp³-hybridized carbons (Fsp3) is 0.611. The van der Waals surface area contributed by atoms with E-state index in [2.05, 4.69) is 27.7 Å². The molecule has 0 aromatic carbocycles. The van der Waals surface area contributed by atoms with Gasteiger partial charge in [-0.05, 0) is 18.3 Å². The van der Waals surface area contributed by atoms with Crippen molar-refractivity contribution in [3.05, 3.63) is 17.2 Å². The number of hydrogen-bond donors (Lipinski definition) is 1. The number of fused-ring (bicyclic) bond motifs is 5. The van der Waals surface area contributed by atoms with Crippen LogP contribution in [0.2, 0.25) is 0 Å². The molecule has 0 radical (unpaired) electrons. The highest BCUT2D eigenvalue weighted by Crippen LogP contribution is 2.52. The third kappa shape index (κ3) is 2.76. The molecule has 1 saturated heterocycles. The maximum atomic E-state index is 12.6. The van der Waals surface area contributed by atoms with Gasteiger partial charge < -0.3 is 5.32 Å². The van der Waals surface area contributed by atoms with E-state index in [-0.39, 0.29) is 59.8 Å². The van der Waals surface area contributed by atoms with Crippen LogP contribution in [0.25, 0.3) is 0 Å². The predicted molar refractivity (Wildman–Crippen MR) is 96.3 cm³/mol. The second-order valence-corrected chi connectivity index (χ2v) is 9.27. The highest BCUT2D eigenvalue weighted by molar-refractivity contribution is 7.15. The molecule has 2 aliphatic carbocycles. The van der Waals surface area contributed by atoms with Gasteiger partial charge in [0, 0.05) is 18.4 Å². The van der Waals surface area contributed by atoms with Gasteiger partial charge in [0.25, 0.3) is 0 Å². The van der Waals surface area contributed by atoms with Crippen molar-refractivity contribution in [3.8, 4) is 0 Å². The summed E-state index contributed by atoms with van der Waals surface area (Å²) in [5, 5.41) is 12.1. The Morgan fingerprint density at radius 2 is 1.81 bits per heavy atom. The minimum absolute atomic E-state index is 0.0735. The molecule has 8 heteroatoms. The van der Waals surface area contributed by atoms with E-state index in [0.717, 1.165) is 11.4 Å². The Kier molecular flexibility index (Phi) is 3.98. The fourth-order valence-corrected chi connectivity index (χ4v) is 4.97. The number of rotatable bonds is 4. The summed E-state index contributed by atoms with van der Waals surface area (Å²) < 4.78 is 0. The van der Waals surface area contributed by atoms with Gasteiger partial charge in [-0.2, -0.15) is 0 Å². The first-order chi connectivity index (χ1) is 12.3. The summed E-state index contributed by atoms with van der Waals surface area (Å²) in [5.41, 5.74) is -0.125. The van der Waals surface area contributed by atoms with Crippen molar-refractivity contribution in [2.45, 2.75) is 39.0 Å². The van der Waals surface area contributed by atoms with Crippen molar-refractivity contribution in [1.29, 1.82) is 0 Å². The molecule has 138 valence electrons. The number of amides is 3. The summed E-state index contributed by atoms with van der Waals surface area (Å²) in [5.74, 6) is -0.530. The quantitative estimate of drug-likeness (QED) is 0.642. The van der Waals surface area contributed by atoms with E-state index in [1.807, 2.05) is 20.8 Å². The summed E-state index contributed by atoms with van der Waals surface area (Å²) in [6, 6.07) is 0. The minimum atomic E-state index is -0.264. The van der Waals surface area contributed by atoms with Crippen LogP contribution in [0.4, 0.5) is 5.13 Å². The van der Waals surface area contributed by atoms with Gasteiger partial charge in [-0.25, -0.2) is 0 Å². The lowest BCUT2D eigenvalue weighted by atomic mass is 9.85. The van der Waals surface area contributed by atoms with Crippen LogP contribution < -0.4 is 5.32 Å². The van der Waals surface area contributed by atoms with E-state index in [4.69, 9.17) is 0 Å². The Morgan fingerprint density at radius 1 is 1.19 bits per heavy atom. The van der Waals surface area contributed by atoms with Gasteiger partial charge in [-0.3, -0.25) is 19.3 Å². The average Bonchev–Trinajstić information content (AvgIpc) is 3.30. The topological polar surface area (TPSA) is 92.3 Å². The number of carbonyl (C=O) groups is 3. The summed E-state index contributed by atoms with van der Waals surface area (Å²) in [6.45, 7) is 6.22. The van der Waals surface area contributed by atoms with E-state index in [1.165, 1.54) is 16.2 Å². The molecule has 4 rings (SSSR count). The van der Waals surface area contributed by atoms with Crippen molar-refractivity contribution in [3.63, 3.8) is 0 Å². The zero-order chi connectivity index (χ0) is 18.6. The van der Waals surface area contributed by atoms with Crippen LogP contribution in [0.3, 0.4) is 0 Å². The van der Waals surface area contributed by atoms with Gasteiger partial charge in [0.15, 0.2) is 0 Å². The molecule has 4 atom stereocenters. The molecule has 2 heterocycles. The molecule has 0 spiro atoms. The number of nitrogens with one attached hydrogen (secondary N) is 1. The molecule has 3 amide bonds. The first-order valence-electron chi connectivity index (χ1n) is 8.93. The average molecular weight is 374 g/mol. The third-order valence-electron chi connectivity index (χ3n) is 5.44. The largest absolute Gasteiger partial charge is 0.300 e. The second-order valence-electron chi connectivity index (χ2n) is 8.29. The summed E-state index contributed by atoms with van der Waals surface area (Å²) in [7, 11) is 0. The molecule has 26 heavy (non-hydrogen) atoms. The Hall–Kier alpha value is -2.09. The maximum Gasteiger partial charge on any atom is 0.233 e. The van der Waals surface area contributed by atoms with E-state index >= 15 is 0 Å². The first kappa shape index (κ1) is 17.3. The Bertz CT molecular complexity index is 780. The zero-order valence-electron chi connectivity index (χ0n) is 15.1. The number of allylic oxidation sites excluding steroid dienone is 2. The van der Waals surface area contributed by atoms with Crippen LogP contribution in [0, 0.1) is 23.7 Å². The molecule has 1 aromatic rings. The minimum Gasteiger partial charge on any atom is -0.300 e. The lowest BCUT2D eigenvalue weighted by Gasteiger charge is -2.16. The molecule has 3 aliphatic rings. The SMILES string of the molecule is CC(C)(C)c1nnc(NC(=O)CCN2C(=O)C3C4C=CC(C4)C3C2=O)s1. The van der Waals surface area contributed by atoms with Crippen LogP contribution in [0.15, 0.2) is 12.2 Å². The normalized spacial score (nSPS) is 29.6. The molecule has 2 bridgehead atoms. The number of likely N-dealkylation sites (tertiary alicyclic amines) is 1. The molecule has 1 aliphatic heterocycles. The van der Waals surface area contributed by atoms with E-state index in [1.54, 1.807) is 0 Å². The number of aromatic nitrogens is 2. The molecule has 1 N–H and O–H groups in total. The van der Waals surface area contributed by atoms with Crippen molar-refractivity contribution in [2.75, 3.05) is 11.9 Å². The Morgan fingerprint density at radius 3 is 2.35 bits per heavy atom. The van der Waals surface area contributed by atoms with Gasteiger partial charge >= 0.3 is 0 Å². The Labute approximate surface area is 155 Å². The van der Waals surface area contributed by atoms with Crippen LogP contribution >= 0.6 is 11.3 Å². The predicted octanol–water partition coefficient (Wildman–Crippen LogP) is 1.97. The van der Waals surface area contributed by atoms with Crippen molar-refractivity contribution < 1.29 is 14.4 Å². The van der Waals surface area contributed by atoms with Crippen molar-refractivity contribution in [2.24, 2.45) is 23.7 Å². The molecule has 2 fully saturated rings. The van der Waals surface area contributed by atoms with Gasteiger partial charge in [0.1, 0.15) is 5.01 Å². The number of carbonyl (C=O) groups excluding carboxylic acids is 3. The molecular formula is C18H22N4O3S. The van der Waals surface area contributed by atoms with E-state index < -0.39 is 0 Å². The third-order valence-corrected chi connectivity index (χ3v) is 6.70. The van der Waals surface area contributed by atoms with Crippen molar-refractivity contribution in [1.82, 2.24) is 15.1 Å². The highest BCUT2D eigenvalue weighted by Gasteiger charge is 2.59. The number of anilines is 1. The molecular weight excluding hydrogens is 352 g/mol. The molecule has 7 nitrogen and oxygen atoms in total. The van der Waals surface area contributed by atoms with Crippen LogP contribution in [0.1, 0.15) is 38.6 Å². The standard InChI is InChI=1S/C18H22N4O3S/c1-18(2,3)16-20-21-17(26-16)19-11(23)6-7-22-14(24)12-9-4-5-10(8-9)13(12)15(22)25/h4-5,9-10,12-13H,6-8H2,1-3H3,(H,19,21,23). The second kappa shape index (κ2) is 5.97. The van der Waals surface area contributed by atoms with Crippen molar-refractivity contribution >= 4 is 34.2 Å². The maximum absolute atomic E-state index is 12.6. The lowest BCUT2D eigenvalue weighted by molar-refractivity contribution is -0.140. The van der Waals surface area contributed by atoms with Crippen LogP contribution in [0.5, 0.6) is 0 Å². The Balaban J connectivity index is 1.35. The van der Waals surface area contributed by atoms with Crippen LogP contribution in [-0.4, -0.2) is 39.4 Å². The number of nitrogens with zero attached hydrogens (tertiary/aromatic N) is 3. The lowest BCUT2D eigenvalue weighted by Crippen LogP contribution is -2.35. The smallest absolute Gasteiger partial charge is 0.233 e. The summed E-state index contributed by atoms with van der Waals surface area (Å²) >= 11 is 1.34. The van der Waals surface area contributed by atoms with E-state index in [9.17, 15) is 14.4 Å². The van der Waals surface area contributed by atoms with Gasteiger partial charge in [-0.1, -0.05) is 44.3 Å². The van der Waals surface area contributed by atoms with E-state index in [0.29, 0.717) is 5.13 Å². The van der Waals surface area contributed by atoms with Crippen LogP contribution in [-0.2, 0) is 19.8 Å². The number of imide groups is 1. The monoisotopic (exact) mass is 374 g/mol. The summed E-state index contributed by atoms with van der Waals surface area (Å²) in [4.78, 5) is 38.7. The highest BCUT2D eigenvalue weighted by atomic mass is 32.1. The fourth-order valence-electron chi connectivity index (χ4n) is 4.16. The zero-order valence-corrected chi connectivity index (χ0v) is 15.9. The molecule has 1 aromatic heterocycles. The number of hydrogen-bond acceptors (Lipinski definition) is 6.